The summed E-state index contributed by atoms with van der Waals surface area (Å²) in [5.41, 5.74) is 2.05. The van der Waals surface area contributed by atoms with E-state index in [1.54, 1.807) is 6.08 Å². The van der Waals surface area contributed by atoms with Crippen LogP contribution in [0.1, 0.15) is 45.1 Å². The third-order valence-electron chi connectivity index (χ3n) is 3.30. The summed E-state index contributed by atoms with van der Waals surface area (Å²) < 4.78 is 1.02. The minimum absolute atomic E-state index is 0.919. The number of carbonyl (C=O) groups is 1. The normalized spacial score (nSPS) is 11.0. The van der Waals surface area contributed by atoms with Crippen LogP contribution < -0.4 is 4.90 Å². The van der Waals surface area contributed by atoms with Gasteiger partial charge in [-0.05, 0) is 36.6 Å². The van der Waals surface area contributed by atoms with Crippen LogP contribution in [0, 0.1) is 0 Å². The van der Waals surface area contributed by atoms with Crippen LogP contribution in [0.3, 0.4) is 0 Å². The molecule has 0 saturated carbocycles. The Labute approximate surface area is 135 Å². The molecule has 0 spiro atoms. The van der Waals surface area contributed by atoms with E-state index in [0.29, 0.717) is 0 Å². The highest BCUT2D eigenvalue weighted by atomic mass is 79.9. The van der Waals surface area contributed by atoms with Gasteiger partial charge in [0.05, 0.1) is 0 Å². The molecule has 0 bridgehead atoms. The number of unbranched alkanes of at least 4 members (excludes halogenated alkanes) is 2. The topological polar surface area (TPSA) is 40.5 Å². The zero-order valence-corrected chi connectivity index (χ0v) is 14.4. The third kappa shape index (κ3) is 6.34. The maximum Gasteiger partial charge on any atom is 0.328 e. The zero-order chi connectivity index (χ0) is 15.7. The van der Waals surface area contributed by atoms with Crippen LogP contribution in [0.15, 0.2) is 28.7 Å². The number of carboxylic acids is 1. The molecule has 0 aromatic heterocycles. The molecule has 3 nitrogen and oxygen atoms in total. The van der Waals surface area contributed by atoms with Crippen LogP contribution in [-0.4, -0.2) is 24.2 Å². The first-order valence-electron chi connectivity index (χ1n) is 7.54. The Morgan fingerprint density at radius 2 is 1.86 bits per heavy atom. The predicted octanol–water partition coefficient (Wildman–Crippen LogP) is 4.95. The summed E-state index contributed by atoms with van der Waals surface area (Å²) in [7, 11) is 0. The molecule has 1 N–H and O–H groups in total. The van der Waals surface area contributed by atoms with Crippen molar-refractivity contribution in [1.82, 2.24) is 0 Å². The summed E-state index contributed by atoms with van der Waals surface area (Å²) in [5, 5.41) is 8.83. The number of benzene rings is 1. The molecular weight excluding hydrogens is 330 g/mol. The summed E-state index contributed by atoms with van der Waals surface area (Å²) in [6.45, 7) is 6.37. The van der Waals surface area contributed by atoms with Gasteiger partial charge >= 0.3 is 5.97 Å². The standard InChI is InChI=1S/C17H24BrNO2/c1-3-5-11-19(12-6-4-2)16-13-15(18)9-7-14(16)8-10-17(20)21/h7-10,13H,3-6,11-12H2,1-2H3,(H,20,21)/b10-8+. The maximum atomic E-state index is 10.8. The molecule has 0 aliphatic heterocycles. The fourth-order valence-corrected chi connectivity index (χ4v) is 2.49. The molecule has 0 amide bonds. The van der Waals surface area contributed by atoms with Crippen molar-refractivity contribution in [2.24, 2.45) is 0 Å². The van der Waals surface area contributed by atoms with Gasteiger partial charge in [-0.25, -0.2) is 4.79 Å². The molecule has 0 atom stereocenters. The zero-order valence-electron chi connectivity index (χ0n) is 12.8. The number of hydrogen-bond donors (Lipinski definition) is 1. The Morgan fingerprint density at radius 1 is 1.24 bits per heavy atom. The predicted molar refractivity (Wildman–Crippen MR) is 92.8 cm³/mol. The first kappa shape index (κ1) is 17.8. The quantitative estimate of drug-likeness (QED) is 0.638. The van der Waals surface area contributed by atoms with Gasteiger partial charge in [-0.15, -0.1) is 0 Å². The average Bonchev–Trinajstić information content (AvgIpc) is 2.46. The van der Waals surface area contributed by atoms with Crippen molar-refractivity contribution in [1.29, 1.82) is 0 Å². The van der Waals surface area contributed by atoms with Gasteiger partial charge < -0.3 is 10.0 Å². The van der Waals surface area contributed by atoms with Crippen LogP contribution in [-0.2, 0) is 4.79 Å². The number of carboxylic acid groups (broad SMARTS) is 1. The van der Waals surface area contributed by atoms with Crippen molar-refractivity contribution >= 4 is 33.7 Å². The fourth-order valence-electron chi connectivity index (χ4n) is 2.14. The van der Waals surface area contributed by atoms with Gasteiger partial charge in [0, 0.05) is 29.3 Å². The molecule has 0 unspecified atom stereocenters. The molecule has 1 aromatic carbocycles. The van der Waals surface area contributed by atoms with Gasteiger partial charge in [0.2, 0.25) is 0 Å². The SMILES string of the molecule is CCCCN(CCCC)c1cc(Br)ccc1/C=C/C(=O)O. The first-order chi connectivity index (χ1) is 10.1. The largest absolute Gasteiger partial charge is 0.478 e. The van der Waals surface area contributed by atoms with E-state index in [-0.39, 0.29) is 0 Å². The molecule has 0 radical (unpaired) electrons. The highest BCUT2D eigenvalue weighted by molar-refractivity contribution is 9.10. The van der Waals surface area contributed by atoms with Gasteiger partial charge in [0.15, 0.2) is 0 Å². The van der Waals surface area contributed by atoms with Crippen LogP contribution in [0.4, 0.5) is 5.69 Å². The van der Waals surface area contributed by atoms with Gasteiger partial charge in [0.1, 0.15) is 0 Å². The van der Waals surface area contributed by atoms with E-state index in [1.807, 2.05) is 12.1 Å². The highest BCUT2D eigenvalue weighted by Gasteiger charge is 2.10. The van der Waals surface area contributed by atoms with Crippen molar-refractivity contribution in [2.75, 3.05) is 18.0 Å². The van der Waals surface area contributed by atoms with E-state index in [1.165, 1.54) is 6.08 Å². The number of aliphatic carboxylic acids is 1. The Balaban J connectivity index is 3.07. The van der Waals surface area contributed by atoms with Gasteiger partial charge in [-0.3, -0.25) is 0 Å². The van der Waals surface area contributed by atoms with E-state index in [9.17, 15) is 4.79 Å². The summed E-state index contributed by atoms with van der Waals surface area (Å²) >= 11 is 3.51. The minimum atomic E-state index is -0.919. The smallest absolute Gasteiger partial charge is 0.328 e. The van der Waals surface area contributed by atoms with E-state index < -0.39 is 5.97 Å². The van der Waals surface area contributed by atoms with E-state index in [2.05, 4.69) is 40.7 Å². The summed E-state index contributed by atoms with van der Waals surface area (Å²) in [4.78, 5) is 13.1. The number of nitrogens with zero attached hydrogens (tertiary/aromatic N) is 1. The van der Waals surface area contributed by atoms with E-state index >= 15 is 0 Å². The minimum Gasteiger partial charge on any atom is -0.478 e. The lowest BCUT2D eigenvalue weighted by Gasteiger charge is -2.26. The molecule has 1 rings (SSSR count). The monoisotopic (exact) mass is 353 g/mol. The average molecular weight is 354 g/mol. The maximum absolute atomic E-state index is 10.8. The number of halogens is 1. The van der Waals surface area contributed by atoms with Crippen LogP contribution in [0.25, 0.3) is 6.08 Å². The Bertz CT molecular complexity index is 478. The van der Waals surface area contributed by atoms with Gasteiger partial charge in [-0.1, -0.05) is 48.7 Å². The Morgan fingerprint density at radius 3 is 2.38 bits per heavy atom. The third-order valence-corrected chi connectivity index (χ3v) is 3.80. The lowest BCUT2D eigenvalue weighted by atomic mass is 10.1. The molecule has 4 heteroatoms. The van der Waals surface area contributed by atoms with Gasteiger partial charge in [-0.2, -0.15) is 0 Å². The van der Waals surface area contributed by atoms with Crippen molar-refractivity contribution < 1.29 is 9.90 Å². The molecule has 0 aliphatic carbocycles. The molecule has 1 aromatic rings. The molecule has 0 heterocycles. The molecular formula is C17H24BrNO2. The lowest BCUT2D eigenvalue weighted by molar-refractivity contribution is -0.131. The second kappa shape index (κ2) is 9.61. The fraction of sp³-hybridized carbons (Fsp3) is 0.471. The second-order valence-electron chi connectivity index (χ2n) is 5.07. The molecule has 116 valence electrons. The molecule has 21 heavy (non-hydrogen) atoms. The Hall–Kier alpha value is -1.29. The van der Waals surface area contributed by atoms with E-state index in [0.717, 1.165) is 54.5 Å². The lowest BCUT2D eigenvalue weighted by Crippen LogP contribution is -2.26. The first-order valence-corrected chi connectivity index (χ1v) is 8.33. The Kier molecular flexibility index (Phi) is 8.13. The molecule has 0 fully saturated rings. The highest BCUT2D eigenvalue weighted by Crippen LogP contribution is 2.27. The number of rotatable bonds is 9. The van der Waals surface area contributed by atoms with Crippen molar-refractivity contribution in [3.05, 3.63) is 34.3 Å². The van der Waals surface area contributed by atoms with Crippen LogP contribution in [0.5, 0.6) is 0 Å². The summed E-state index contributed by atoms with van der Waals surface area (Å²) in [6, 6.07) is 5.99. The van der Waals surface area contributed by atoms with Crippen LogP contribution in [0.2, 0.25) is 0 Å². The van der Waals surface area contributed by atoms with Crippen molar-refractivity contribution in [2.45, 2.75) is 39.5 Å². The second-order valence-corrected chi connectivity index (χ2v) is 5.98. The molecule has 0 aliphatic rings. The number of anilines is 1. The van der Waals surface area contributed by atoms with Crippen LogP contribution >= 0.6 is 15.9 Å². The summed E-state index contributed by atoms with van der Waals surface area (Å²) in [6.07, 6.45) is 7.45. The van der Waals surface area contributed by atoms with Crippen molar-refractivity contribution in [3.63, 3.8) is 0 Å². The van der Waals surface area contributed by atoms with Gasteiger partial charge in [0.25, 0.3) is 0 Å². The van der Waals surface area contributed by atoms with E-state index in [4.69, 9.17) is 5.11 Å². The van der Waals surface area contributed by atoms with Crippen molar-refractivity contribution in [3.8, 4) is 0 Å². The molecule has 0 saturated heterocycles. The number of hydrogen-bond acceptors (Lipinski definition) is 2. The summed E-state index contributed by atoms with van der Waals surface area (Å²) in [5.74, 6) is -0.919.